The van der Waals surface area contributed by atoms with Gasteiger partial charge in [0.05, 0.1) is 16.1 Å². The predicted octanol–water partition coefficient (Wildman–Crippen LogP) is 3.57. The maximum Gasteiger partial charge on any atom is 0.113 e. The number of aryl methyl sites for hydroxylation is 1. The van der Waals surface area contributed by atoms with Crippen molar-refractivity contribution < 1.29 is 0 Å². The molecule has 1 N–H and O–H groups in total. The fraction of sp³-hybridized carbons (Fsp3) is 0.533. The zero-order valence-electron chi connectivity index (χ0n) is 11.5. The lowest BCUT2D eigenvalue weighted by Crippen LogP contribution is -2.35. The molecule has 1 aliphatic heterocycles. The molecule has 2 unspecified atom stereocenters. The summed E-state index contributed by atoms with van der Waals surface area (Å²) in [4.78, 5) is 4.85. The topological polar surface area (TPSA) is 29.9 Å². The molecule has 4 heteroatoms. The minimum Gasteiger partial charge on any atom is -0.327 e. The summed E-state index contributed by atoms with van der Waals surface area (Å²) in [5.41, 5.74) is 2.11. The number of para-hydroxylation sites is 1. The number of benzene rings is 1. The van der Waals surface area contributed by atoms with Crippen LogP contribution in [0, 0.1) is 0 Å². The molecule has 0 spiro atoms. The molecule has 1 aromatic carbocycles. The van der Waals surface area contributed by atoms with Crippen LogP contribution in [0.25, 0.3) is 11.0 Å². The first-order chi connectivity index (χ1) is 9.20. The van der Waals surface area contributed by atoms with Gasteiger partial charge in [0.1, 0.15) is 5.82 Å². The molecule has 3 nitrogen and oxygen atoms in total. The van der Waals surface area contributed by atoms with Crippen molar-refractivity contribution >= 4 is 22.6 Å². The van der Waals surface area contributed by atoms with Gasteiger partial charge in [-0.25, -0.2) is 4.98 Å². The van der Waals surface area contributed by atoms with Crippen molar-refractivity contribution in [1.29, 1.82) is 0 Å². The number of halogens is 1. The second-order valence-corrected chi connectivity index (χ2v) is 5.81. The van der Waals surface area contributed by atoms with Gasteiger partial charge in [0, 0.05) is 18.5 Å². The summed E-state index contributed by atoms with van der Waals surface area (Å²) in [5.74, 6) is 1.75. The Morgan fingerprint density at radius 3 is 3.05 bits per heavy atom. The van der Waals surface area contributed by atoms with Crippen LogP contribution in [0.5, 0.6) is 0 Å². The molecule has 1 saturated heterocycles. The molecule has 1 aliphatic rings. The highest BCUT2D eigenvalue weighted by molar-refractivity contribution is 6.35. The van der Waals surface area contributed by atoms with Crippen molar-refractivity contribution in [2.45, 2.75) is 45.2 Å². The van der Waals surface area contributed by atoms with E-state index in [-0.39, 0.29) is 0 Å². The van der Waals surface area contributed by atoms with Crippen LogP contribution in [0.2, 0.25) is 5.02 Å². The Balaban J connectivity index is 2.10. The highest BCUT2D eigenvalue weighted by atomic mass is 35.5. The van der Waals surface area contributed by atoms with Crippen LogP contribution < -0.4 is 5.32 Å². The van der Waals surface area contributed by atoms with Crippen LogP contribution in [0.4, 0.5) is 0 Å². The molecule has 3 rings (SSSR count). The number of nitrogens with one attached hydrogen (secondary N) is 1. The van der Waals surface area contributed by atoms with Crippen LogP contribution in [0.3, 0.4) is 0 Å². The van der Waals surface area contributed by atoms with Gasteiger partial charge in [0.2, 0.25) is 0 Å². The van der Waals surface area contributed by atoms with Gasteiger partial charge >= 0.3 is 0 Å². The third-order valence-corrected chi connectivity index (χ3v) is 4.36. The van der Waals surface area contributed by atoms with Crippen molar-refractivity contribution in [2.75, 3.05) is 6.54 Å². The molecule has 1 fully saturated rings. The van der Waals surface area contributed by atoms with E-state index < -0.39 is 0 Å². The van der Waals surface area contributed by atoms with E-state index in [1.165, 1.54) is 5.82 Å². The van der Waals surface area contributed by atoms with Crippen molar-refractivity contribution in [1.82, 2.24) is 14.9 Å². The molecule has 0 aliphatic carbocycles. The Kier molecular flexibility index (Phi) is 3.50. The van der Waals surface area contributed by atoms with E-state index >= 15 is 0 Å². The SMILES string of the molecule is CCn1c(C2CCNC(C)C2)nc2cccc(Cl)c21. The van der Waals surface area contributed by atoms with Crippen molar-refractivity contribution in [2.24, 2.45) is 0 Å². The first-order valence-electron chi connectivity index (χ1n) is 7.08. The van der Waals surface area contributed by atoms with Gasteiger partial charge in [-0.05, 0) is 45.4 Å². The first kappa shape index (κ1) is 12.9. The molecule has 19 heavy (non-hydrogen) atoms. The third-order valence-electron chi connectivity index (χ3n) is 4.05. The Morgan fingerprint density at radius 1 is 1.47 bits per heavy atom. The van der Waals surface area contributed by atoms with Crippen LogP contribution in [-0.4, -0.2) is 22.1 Å². The van der Waals surface area contributed by atoms with Crippen molar-refractivity contribution in [3.05, 3.63) is 29.0 Å². The van der Waals surface area contributed by atoms with Gasteiger partial charge in [-0.15, -0.1) is 0 Å². The van der Waals surface area contributed by atoms with E-state index in [4.69, 9.17) is 16.6 Å². The van der Waals surface area contributed by atoms with E-state index in [9.17, 15) is 0 Å². The molecule has 0 saturated carbocycles. The van der Waals surface area contributed by atoms with Gasteiger partial charge in [0.15, 0.2) is 0 Å². The number of piperidine rings is 1. The van der Waals surface area contributed by atoms with Crippen molar-refractivity contribution in [3.63, 3.8) is 0 Å². The van der Waals surface area contributed by atoms with E-state index in [0.717, 1.165) is 42.0 Å². The normalized spacial score (nSPS) is 23.9. The second kappa shape index (κ2) is 5.14. The third kappa shape index (κ3) is 2.26. The number of hydrogen-bond donors (Lipinski definition) is 1. The lowest BCUT2D eigenvalue weighted by molar-refractivity contribution is 0.365. The Bertz CT molecular complexity index is 590. The fourth-order valence-electron chi connectivity index (χ4n) is 3.16. The highest BCUT2D eigenvalue weighted by Gasteiger charge is 2.25. The van der Waals surface area contributed by atoms with Crippen LogP contribution in [0.15, 0.2) is 18.2 Å². The largest absolute Gasteiger partial charge is 0.327 e. The van der Waals surface area contributed by atoms with Gasteiger partial charge < -0.3 is 9.88 Å². The number of fused-ring (bicyclic) bond motifs is 1. The summed E-state index contributed by atoms with van der Waals surface area (Å²) in [5, 5.41) is 4.31. The molecule has 102 valence electrons. The zero-order chi connectivity index (χ0) is 13.4. The molecule has 1 aromatic heterocycles. The van der Waals surface area contributed by atoms with E-state index in [2.05, 4.69) is 29.8 Å². The highest BCUT2D eigenvalue weighted by Crippen LogP contribution is 2.32. The Morgan fingerprint density at radius 2 is 2.32 bits per heavy atom. The average molecular weight is 278 g/mol. The number of rotatable bonds is 2. The molecule has 0 radical (unpaired) electrons. The molecular weight excluding hydrogens is 258 g/mol. The summed E-state index contributed by atoms with van der Waals surface area (Å²) in [6, 6.07) is 6.56. The maximum atomic E-state index is 6.35. The lowest BCUT2D eigenvalue weighted by atomic mass is 9.92. The average Bonchev–Trinajstić information content (AvgIpc) is 2.78. The zero-order valence-corrected chi connectivity index (χ0v) is 12.2. The number of hydrogen-bond acceptors (Lipinski definition) is 2. The monoisotopic (exact) mass is 277 g/mol. The summed E-state index contributed by atoms with van der Waals surface area (Å²) in [6.07, 6.45) is 2.31. The summed E-state index contributed by atoms with van der Waals surface area (Å²) in [6.45, 7) is 6.41. The van der Waals surface area contributed by atoms with E-state index in [1.807, 2.05) is 12.1 Å². The Hall–Kier alpha value is -1.06. The van der Waals surface area contributed by atoms with Crippen LogP contribution >= 0.6 is 11.6 Å². The molecule has 2 aromatic rings. The van der Waals surface area contributed by atoms with Crippen molar-refractivity contribution in [3.8, 4) is 0 Å². The van der Waals surface area contributed by atoms with Gasteiger partial charge in [-0.1, -0.05) is 17.7 Å². The maximum absolute atomic E-state index is 6.35. The number of aromatic nitrogens is 2. The van der Waals surface area contributed by atoms with Gasteiger partial charge in [0.25, 0.3) is 0 Å². The summed E-state index contributed by atoms with van der Waals surface area (Å²) < 4.78 is 2.29. The smallest absolute Gasteiger partial charge is 0.113 e. The van der Waals surface area contributed by atoms with Crippen LogP contribution in [-0.2, 0) is 6.54 Å². The summed E-state index contributed by atoms with van der Waals surface area (Å²) >= 11 is 6.35. The molecule has 2 heterocycles. The van der Waals surface area contributed by atoms with Gasteiger partial charge in [-0.3, -0.25) is 0 Å². The minimum atomic E-state index is 0.541. The van der Waals surface area contributed by atoms with E-state index in [0.29, 0.717) is 12.0 Å². The van der Waals surface area contributed by atoms with Crippen LogP contribution in [0.1, 0.15) is 38.4 Å². The number of nitrogens with zero attached hydrogens (tertiary/aromatic N) is 2. The molecule has 2 atom stereocenters. The van der Waals surface area contributed by atoms with E-state index in [1.54, 1.807) is 0 Å². The quantitative estimate of drug-likeness (QED) is 0.910. The molecule has 0 amide bonds. The molecular formula is C15H20ClN3. The number of imidazole rings is 1. The standard InChI is InChI=1S/C15H20ClN3/c1-3-19-14-12(16)5-4-6-13(14)18-15(19)11-7-8-17-10(2)9-11/h4-6,10-11,17H,3,7-9H2,1-2H3. The minimum absolute atomic E-state index is 0.541. The lowest BCUT2D eigenvalue weighted by Gasteiger charge is -2.28. The predicted molar refractivity (Wildman–Crippen MR) is 79.9 cm³/mol. The Labute approximate surface area is 119 Å². The first-order valence-corrected chi connectivity index (χ1v) is 7.46. The summed E-state index contributed by atoms with van der Waals surface area (Å²) in [7, 11) is 0. The van der Waals surface area contributed by atoms with Gasteiger partial charge in [-0.2, -0.15) is 0 Å². The second-order valence-electron chi connectivity index (χ2n) is 5.40. The molecule has 0 bridgehead atoms. The fourth-order valence-corrected chi connectivity index (χ4v) is 3.43.